The largest absolute Gasteiger partial charge is 0.491 e. The highest BCUT2D eigenvalue weighted by Crippen LogP contribution is 2.14. The number of nitriles is 1. The first-order valence-electron chi connectivity index (χ1n) is 8.44. The van der Waals surface area contributed by atoms with Gasteiger partial charge in [-0.3, -0.25) is 4.90 Å². The SMILES string of the molecule is N#Cc1ccc(N2CCN(C[C@H](O)COc3ccccc3)CC2)nc1. The number of piperazine rings is 1. The second kappa shape index (κ2) is 8.47. The van der Waals surface area contributed by atoms with E-state index < -0.39 is 6.10 Å². The lowest BCUT2D eigenvalue weighted by molar-refractivity contribution is 0.0662. The number of pyridine rings is 1. The Bertz CT molecular complexity index is 692. The number of benzene rings is 1. The van der Waals surface area contributed by atoms with Gasteiger partial charge in [0.25, 0.3) is 0 Å². The Kier molecular flexibility index (Phi) is 5.83. The summed E-state index contributed by atoms with van der Waals surface area (Å²) in [5, 5.41) is 19.0. The van der Waals surface area contributed by atoms with Crippen LogP contribution in [0.25, 0.3) is 0 Å². The molecule has 0 aliphatic carbocycles. The molecule has 0 amide bonds. The molecule has 0 unspecified atom stereocenters. The molecule has 6 nitrogen and oxygen atoms in total. The highest BCUT2D eigenvalue weighted by Gasteiger charge is 2.20. The average molecular weight is 338 g/mol. The third-order valence-electron chi connectivity index (χ3n) is 4.23. The zero-order valence-corrected chi connectivity index (χ0v) is 14.1. The average Bonchev–Trinajstić information content (AvgIpc) is 2.68. The summed E-state index contributed by atoms with van der Waals surface area (Å²) in [4.78, 5) is 8.77. The first kappa shape index (κ1) is 17.2. The monoisotopic (exact) mass is 338 g/mol. The van der Waals surface area contributed by atoms with Crippen LogP contribution in [0.1, 0.15) is 5.56 Å². The Morgan fingerprint density at radius 1 is 1.12 bits per heavy atom. The lowest BCUT2D eigenvalue weighted by atomic mass is 10.2. The molecule has 1 saturated heterocycles. The quantitative estimate of drug-likeness (QED) is 0.861. The maximum absolute atomic E-state index is 10.2. The number of aliphatic hydroxyl groups is 1. The standard InChI is InChI=1S/C19H22N4O2/c20-12-16-6-7-19(21-13-16)23-10-8-22(9-11-23)14-17(24)15-25-18-4-2-1-3-5-18/h1-7,13,17,24H,8-11,14-15H2/t17-/m0/s1. The first-order valence-corrected chi connectivity index (χ1v) is 8.44. The smallest absolute Gasteiger partial charge is 0.128 e. The van der Waals surface area contributed by atoms with Crippen molar-refractivity contribution in [3.8, 4) is 11.8 Å². The van der Waals surface area contributed by atoms with E-state index in [4.69, 9.17) is 10.00 Å². The van der Waals surface area contributed by atoms with Gasteiger partial charge >= 0.3 is 0 Å². The van der Waals surface area contributed by atoms with Crippen molar-refractivity contribution in [1.29, 1.82) is 5.26 Å². The van der Waals surface area contributed by atoms with Gasteiger partial charge in [-0.15, -0.1) is 0 Å². The molecule has 1 N–H and O–H groups in total. The molecule has 2 heterocycles. The molecule has 1 aliphatic rings. The Labute approximate surface area is 147 Å². The number of anilines is 1. The molecule has 1 atom stereocenters. The summed E-state index contributed by atoms with van der Waals surface area (Å²) in [5.41, 5.74) is 0.573. The predicted octanol–water partition coefficient (Wildman–Crippen LogP) is 1.52. The number of hydrogen-bond donors (Lipinski definition) is 1. The van der Waals surface area contributed by atoms with Crippen LogP contribution >= 0.6 is 0 Å². The normalized spacial score (nSPS) is 16.2. The second-order valence-corrected chi connectivity index (χ2v) is 6.08. The molecular formula is C19H22N4O2. The Morgan fingerprint density at radius 2 is 1.88 bits per heavy atom. The fraction of sp³-hybridized carbons (Fsp3) is 0.368. The van der Waals surface area contributed by atoms with Gasteiger partial charge in [0.05, 0.1) is 5.56 Å². The van der Waals surface area contributed by atoms with E-state index in [1.807, 2.05) is 36.4 Å². The van der Waals surface area contributed by atoms with Crippen LogP contribution in [0, 0.1) is 11.3 Å². The highest BCUT2D eigenvalue weighted by atomic mass is 16.5. The number of ether oxygens (including phenoxy) is 1. The van der Waals surface area contributed by atoms with Gasteiger partial charge in [-0.05, 0) is 24.3 Å². The Hall–Kier alpha value is -2.62. The molecule has 1 aromatic heterocycles. The molecule has 2 aromatic rings. The number of aliphatic hydroxyl groups excluding tert-OH is 1. The van der Waals surface area contributed by atoms with Crippen LogP contribution in [0.15, 0.2) is 48.7 Å². The Balaban J connectivity index is 1.42. The van der Waals surface area contributed by atoms with Crippen LogP contribution in [0.4, 0.5) is 5.82 Å². The molecule has 0 radical (unpaired) electrons. The minimum absolute atomic E-state index is 0.293. The van der Waals surface area contributed by atoms with Crippen LogP contribution in [-0.2, 0) is 0 Å². The summed E-state index contributed by atoms with van der Waals surface area (Å²) >= 11 is 0. The lowest BCUT2D eigenvalue weighted by Gasteiger charge is -2.36. The van der Waals surface area contributed by atoms with Gasteiger partial charge in [0.2, 0.25) is 0 Å². The van der Waals surface area contributed by atoms with E-state index in [9.17, 15) is 5.11 Å². The molecule has 3 rings (SSSR count). The van der Waals surface area contributed by atoms with Crippen molar-refractivity contribution in [2.45, 2.75) is 6.10 Å². The van der Waals surface area contributed by atoms with Crippen LogP contribution in [0.3, 0.4) is 0 Å². The Morgan fingerprint density at radius 3 is 2.52 bits per heavy atom. The zero-order valence-electron chi connectivity index (χ0n) is 14.1. The van der Waals surface area contributed by atoms with Crippen molar-refractivity contribution in [3.63, 3.8) is 0 Å². The van der Waals surface area contributed by atoms with Crippen LogP contribution in [0.2, 0.25) is 0 Å². The van der Waals surface area contributed by atoms with Gasteiger partial charge in [-0.1, -0.05) is 18.2 Å². The molecule has 1 aromatic carbocycles. The van der Waals surface area contributed by atoms with E-state index >= 15 is 0 Å². The highest BCUT2D eigenvalue weighted by molar-refractivity contribution is 5.42. The summed E-state index contributed by atoms with van der Waals surface area (Å²) in [6.07, 6.45) is 1.09. The molecule has 1 fully saturated rings. The van der Waals surface area contributed by atoms with E-state index in [0.717, 1.165) is 37.7 Å². The van der Waals surface area contributed by atoms with Crippen molar-refractivity contribution in [2.24, 2.45) is 0 Å². The van der Waals surface area contributed by atoms with Crippen LogP contribution in [-0.4, -0.2) is 60.4 Å². The van der Waals surface area contributed by atoms with Gasteiger partial charge < -0.3 is 14.7 Å². The minimum Gasteiger partial charge on any atom is -0.491 e. The van der Waals surface area contributed by atoms with Crippen LogP contribution < -0.4 is 9.64 Å². The fourth-order valence-electron chi connectivity index (χ4n) is 2.86. The molecule has 1 aliphatic heterocycles. The molecule has 0 spiro atoms. The van der Waals surface area contributed by atoms with E-state index in [-0.39, 0.29) is 0 Å². The van der Waals surface area contributed by atoms with Gasteiger partial charge in [0.1, 0.15) is 30.3 Å². The maximum atomic E-state index is 10.2. The van der Waals surface area contributed by atoms with Gasteiger partial charge in [0, 0.05) is 38.9 Å². The third-order valence-corrected chi connectivity index (χ3v) is 4.23. The van der Waals surface area contributed by atoms with Crippen molar-refractivity contribution < 1.29 is 9.84 Å². The zero-order chi connectivity index (χ0) is 17.5. The number of hydrogen-bond acceptors (Lipinski definition) is 6. The minimum atomic E-state index is -0.514. The second-order valence-electron chi connectivity index (χ2n) is 6.08. The van der Waals surface area contributed by atoms with Crippen molar-refractivity contribution in [3.05, 3.63) is 54.2 Å². The van der Waals surface area contributed by atoms with Gasteiger partial charge in [0.15, 0.2) is 0 Å². The summed E-state index contributed by atoms with van der Waals surface area (Å²) in [6.45, 7) is 4.33. The van der Waals surface area contributed by atoms with Crippen molar-refractivity contribution in [1.82, 2.24) is 9.88 Å². The first-order chi connectivity index (χ1) is 12.2. The van der Waals surface area contributed by atoms with E-state index in [1.165, 1.54) is 0 Å². The van der Waals surface area contributed by atoms with Gasteiger partial charge in [-0.25, -0.2) is 4.98 Å². The number of para-hydroxylation sites is 1. The summed E-state index contributed by atoms with van der Waals surface area (Å²) in [5.74, 6) is 1.67. The number of rotatable bonds is 6. The van der Waals surface area contributed by atoms with E-state index in [1.54, 1.807) is 12.3 Å². The molecule has 130 valence electrons. The molecular weight excluding hydrogens is 316 g/mol. The van der Waals surface area contributed by atoms with Crippen LogP contribution in [0.5, 0.6) is 5.75 Å². The maximum Gasteiger partial charge on any atom is 0.128 e. The molecule has 0 bridgehead atoms. The molecule has 0 saturated carbocycles. The molecule has 25 heavy (non-hydrogen) atoms. The fourth-order valence-corrected chi connectivity index (χ4v) is 2.86. The summed E-state index contributed by atoms with van der Waals surface area (Å²) in [7, 11) is 0. The third kappa shape index (κ3) is 4.92. The number of aromatic nitrogens is 1. The van der Waals surface area contributed by atoms with Crippen molar-refractivity contribution in [2.75, 3.05) is 44.2 Å². The number of β-amino-alcohol motifs (C(OH)–C–C–N with tert-alkyl or cyclic N) is 1. The lowest BCUT2D eigenvalue weighted by Crippen LogP contribution is -2.49. The van der Waals surface area contributed by atoms with Gasteiger partial charge in [-0.2, -0.15) is 5.26 Å². The topological polar surface area (TPSA) is 72.6 Å². The van der Waals surface area contributed by atoms with E-state index in [2.05, 4.69) is 20.9 Å². The predicted molar refractivity (Wildman–Crippen MR) is 95.5 cm³/mol. The number of nitrogens with zero attached hydrogens (tertiary/aromatic N) is 4. The van der Waals surface area contributed by atoms with E-state index in [0.29, 0.717) is 18.7 Å². The molecule has 6 heteroatoms. The summed E-state index contributed by atoms with van der Waals surface area (Å²) < 4.78 is 5.60. The van der Waals surface area contributed by atoms with Crippen molar-refractivity contribution >= 4 is 5.82 Å². The summed E-state index contributed by atoms with van der Waals surface area (Å²) in [6, 6.07) is 15.3.